The summed E-state index contributed by atoms with van der Waals surface area (Å²) in [4.78, 5) is 14.5. The van der Waals surface area contributed by atoms with Crippen molar-refractivity contribution in [3.63, 3.8) is 0 Å². The Labute approximate surface area is 116 Å². The van der Waals surface area contributed by atoms with E-state index in [1.54, 1.807) is 0 Å². The highest BCUT2D eigenvalue weighted by Gasteiger charge is 2.27. The van der Waals surface area contributed by atoms with Gasteiger partial charge in [-0.1, -0.05) is 19.3 Å². The maximum absolute atomic E-state index is 12.3. The quantitative estimate of drug-likeness (QED) is 0.813. The van der Waals surface area contributed by atoms with Gasteiger partial charge in [0.15, 0.2) is 0 Å². The molecule has 2 rings (SSSR count). The molecular formula is C15H28N2O2. The van der Waals surface area contributed by atoms with Crippen molar-refractivity contribution in [1.29, 1.82) is 0 Å². The molecule has 4 nitrogen and oxygen atoms in total. The van der Waals surface area contributed by atoms with Crippen LogP contribution < -0.4 is 5.32 Å². The normalized spacial score (nSPS) is 25.2. The lowest BCUT2D eigenvalue weighted by Crippen LogP contribution is -2.51. The van der Waals surface area contributed by atoms with Gasteiger partial charge in [-0.05, 0) is 51.6 Å². The molecule has 0 spiro atoms. The molecule has 2 aliphatic rings. The van der Waals surface area contributed by atoms with Crippen LogP contribution in [-0.4, -0.2) is 47.7 Å². The molecule has 1 unspecified atom stereocenters. The number of likely N-dealkylation sites (tertiary alicyclic amines) is 1. The Balaban J connectivity index is 1.75. The lowest BCUT2D eigenvalue weighted by molar-refractivity contribution is -0.127. The van der Waals surface area contributed by atoms with E-state index in [1.165, 1.54) is 19.3 Å². The highest BCUT2D eigenvalue weighted by atomic mass is 16.3. The molecule has 0 aromatic carbocycles. The van der Waals surface area contributed by atoms with Crippen LogP contribution in [0, 0.1) is 5.92 Å². The zero-order chi connectivity index (χ0) is 13.7. The molecule has 110 valence electrons. The third-order valence-corrected chi connectivity index (χ3v) is 4.79. The van der Waals surface area contributed by atoms with Crippen molar-refractivity contribution in [2.75, 3.05) is 19.7 Å². The predicted molar refractivity (Wildman–Crippen MR) is 75.9 cm³/mol. The Hall–Kier alpha value is -0.610. The summed E-state index contributed by atoms with van der Waals surface area (Å²) in [5.41, 5.74) is 0. The summed E-state index contributed by atoms with van der Waals surface area (Å²) in [6.45, 7) is 4.17. The first-order valence-electron chi connectivity index (χ1n) is 7.86. The van der Waals surface area contributed by atoms with E-state index in [0.717, 1.165) is 38.8 Å². The minimum Gasteiger partial charge on any atom is -0.396 e. The highest BCUT2D eigenvalue weighted by molar-refractivity contribution is 5.81. The molecular weight excluding hydrogens is 240 g/mol. The summed E-state index contributed by atoms with van der Waals surface area (Å²) in [5, 5.41) is 12.4. The second-order valence-electron chi connectivity index (χ2n) is 6.18. The van der Waals surface area contributed by atoms with Crippen molar-refractivity contribution in [3.05, 3.63) is 0 Å². The maximum Gasteiger partial charge on any atom is 0.237 e. The summed E-state index contributed by atoms with van der Waals surface area (Å²) in [7, 11) is 0. The molecule has 0 radical (unpaired) electrons. The van der Waals surface area contributed by atoms with Crippen molar-refractivity contribution < 1.29 is 9.90 Å². The Morgan fingerprint density at radius 1 is 1.21 bits per heavy atom. The summed E-state index contributed by atoms with van der Waals surface area (Å²) < 4.78 is 0. The van der Waals surface area contributed by atoms with Crippen LogP contribution in [0.15, 0.2) is 0 Å². The molecule has 2 fully saturated rings. The molecule has 1 heterocycles. The van der Waals surface area contributed by atoms with Gasteiger partial charge in [-0.3, -0.25) is 9.69 Å². The van der Waals surface area contributed by atoms with Crippen molar-refractivity contribution in [2.45, 2.75) is 64.0 Å². The second kappa shape index (κ2) is 7.25. The smallest absolute Gasteiger partial charge is 0.237 e. The molecule has 1 saturated carbocycles. The third-order valence-electron chi connectivity index (χ3n) is 4.79. The summed E-state index contributed by atoms with van der Waals surface area (Å²) in [5.74, 6) is 0.624. The van der Waals surface area contributed by atoms with Crippen molar-refractivity contribution in [1.82, 2.24) is 10.2 Å². The summed E-state index contributed by atoms with van der Waals surface area (Å²) in [6.07, 6.45) is 8.13. The number of aliphatic hydroxyl groups is 1. The molecule has 1 saturated heterocycles. The molecule has 0 aromatic rings. The van der Waals surface area contributed by atoms with Crippen LogP contribution in [-0.2, 0) is 4.79 Å². The summed E-state index contributed by atoms with van der Waals surface area (Å²) >= 11 is 0. The van der Waals surface area contributed by atoms with Crippen LogP contribution in [0.2, 0.25) is 0 Å². The second-order valence-corrected chi connectivity index (χ2v) is 6.18. The lowest BCUT2D eigenvalue weighted by Gasteiger charge is -2.35. The Morgan fingerprint density at radius 3 is 2.42 bits per heavy atom. The maximum atomic E-state index is 12.3. The van der Waals surface area contributed by atoms with Gasteiger partial charge in [-0.25, -0.2) is 0 Å². The summed E-state index contributed by atoms with van der Waals surface area (Å²) in [6, 6.07) is 0.375. The van der Waals surface area contributed by atoms with E-state index < -0.39 is 0 Å². The fourth-order valence-corrected chi connectivity index (χ4v) is 3.26. The van der Waals surface area contributed by atoms with Crippen LogP contribution in [0.4, 0.5) is 0 Å². The van der Waals surface area contributed by atoms with Crippen LogP contribution in [0.5, 0.6) is 0 Å². The first kappa shape index (κ1) is 14.8. The zero-order valence-electron chi connectivity index (χ0n) is 12.1. The number of nitrogens with zero attached hydrogens (tertiary/aromatic N) is 1. The molecule has 0 aromatic heterocycles. The van der Waals surface area contributed by atoms with Gasteiger partial charge in [0.25, 0.3) is 0 Å². The molecule has 4 heteroatoms. The Bertz CT molecular complexity index is 282. The van der Waals surface area contributed by atoms with Gasteiger partial charge in [0.1, 0.15) is 0 Å². The predicted octanol–water partition coefficient (Wildman–Crippen LogP) is 1.53. The molecule has 1 amide bonds. The topological polar surface area (TPSA) is 52.6 Å². The van der Waals surface area contributed by atoms with Gasteiger partial charge >= 0.3 is 0 Å². The highest BCUT2D eigenvalue weighted by Crippen LogP contribution is 2.20. The monoisotopic (exact) mass is 268 g/mol. The van der Waals surface area contributed by atoms with Crippen LogP contribution in [0.3, 0.4) is 0 Å². The number of rotatable bonds is 4. The van der Waals surface area contributed by atoms with Gasteiger partial charge in [-0.15, -0.1) is 0 Å². The first-order valence-corrected chi connectivity index (χ1v) is 7.86. The van der Waals surface area contributed by atoms with E-state index in [-0.39, 0.29) is 18.6 Å². The van der Waals surface area contributed by atoms with Crippen molar-refractivity contribution in [3.8, 4) is 0 Å². The van der Waals surface area contributed by atoms with E-state index in [4.69, 9.17) is 5.11 Å². The van der Waals surface area contributed by atoms with Gasteiger partial charge in [0, 0.05) is 12.6 Å². The number of carbonyl (C=O) groups excluding carboxylic acids is 1. The number of hydrogen-bond donors (Lipinski definition) is 2. The number of aliphatic hydroxyl groups excluding tert-OH is 1. The fraction of sp³-hybridized carbons (Fsp3) is 0.933. The third kappa shape index (κ3) is 4.18. The van der Waals surface area contributed by atoms with Crippen molar-refractivity contribution in [2.24, 2.45) is 5.92 Å². The molecule has 1 aliphatic carbocycles. The average molecular weight is 268 g/mol. The van der Waals surface area contributed by atoms with Crippen LogP contribution in [0.25, 0.3) is 0 Å². The largest absolute Gasteiger partial charge is 0.396 e. The molecule has 1 atom stereocenters. The minimum absolute atomic E-state index is 0.0263. The van der Waals surface area contributed by atoms with E-state index in [9.17, 15) is 4.79 Å². The van der Waals surface area contributed by atoms with E-state index >= 15 is 0 Å². The SMILES string of the molecule is CC(C(=O)NC1CCCCC1)N1CCC(CO)CC1. The zero-order valence-corrected chi connectivity index (χ0v) is 12.1. The molecule has 0 bridgehead atoms. The van der Waals surface area contributed by atoms with E-state index in [2.05, 4.69) is 10.2 Å². The standard InChI is InChI=1S/C15H28N2O2/c1-12(17-9-7-13(11-18)8-10-17)15(19)16-14-5-3-2-4-6-14/h12-14,18H,2-11H2,1H3,(H,16,19). The first-order chi connectivity index (χ1) is 9.20. The van der Waals surface area contributed by atoms with Gasteiger partial charge in [0.2, 0.25) is 5.91 Å². The number of amides is 1. The van der Waals surface area contributed by atoms with Crippen LogP contribution in [0.1, 0.15) is 51.9 Å². The Morgan fingerprint density at radius 2 is 1.84 bits per heavy atom. The van der Waals surface area contributed by atoms with Gasteiger partial charge in [-0.2, -0.15) is 0 Å². The fourth-order valence-electron chi connectivity index (χ4n) is 3.26. The molecule has 1 aliphatic heterocycles. The number of piperidine rings is 1. The van der Waals surface area contributed by atoms with E-state index in [0.29, 0.717) is 12.0 Å². The van der Waals surface area contributed by atoms with Crippen molar-refractivity contribution >= 4 is 5.91 Å². The van der Waals surface area contributed by atoms with Gasteiger partial charge in [0.05, 0.1) is 6.04 Å². The van der Waals surface area contributed by atoms with Crippen LogP contribution >= 0.6 is 0 Å². The Kier molecular flexibility index (Phi) is 5.64. The number of nitrogens with one attached hydrogen (secondary N) is 1. The van der Waals surface area contributed by atoms with E-state index in [1.807, 2.05) is 6.92 Å². The minimum atomic E-state index is -0.0263. The average Bonchev–Trinajstić information content (AvgIpc) is 2.47. The lowest BCUT2D eigenvalue weighted by atomic mass is 9.94. The van der Waals surface area contributed by atoms with Gasteiger partial charge < -0.3 is 10.4 Å². The molecule has 19 heavy (non-hydrogen) atoms. The molecule has 2 N–H and O–H groups in total. The number of hydrogen-bond acceptors (Lipinski definition) is 3. The number of carbonyl (C=O) groups is 1.